The number of fused-ring (bicyclic) bond motifs is 5. The highest BCUT2D eigenvalue weighted by molar-refractivity contribution is 6.05. The van der Waals surface area contributed by atoms with E-state index in [0.29, 0.717) is 37.3 Å². The molecule has 3 unspecified atom stereocenters. The second-order valence-corrected chi connectivity index (χ2v) is 12.4. The number of hydrogen-bond donors (Lipinski definition) is 2. The zero-order valence-corrected chi connectivity index (χ0v) is 24.2. The Morgan fingerprint density at radius 3 is 2.69 bits per heavy atom. The molecule has 4 aromatic rings. The van der Waals surface area contributed by atoms with Gasteiger partial charge in [-0.25, -0.2) is 13.2 Å². The molecule has 5 heterocycles. The zero-order valence-electron chi connectivity index (χ0n) is 24.2. The number of rotatable bonds is 5. The van der Waals surface area contributed by atoms with Gasteiger partial charge in [0.25, 0.3) is 0 Å². The van der Waals surface area contributed by atoms with E-state index >= 15 is 8.78 Å². The van der Waals surface area contributed by atoms with Gasteiger partial charge in [-0.3, -0.25) is 9.69 Å². The van der Waals surface area contributed by atoms with Gasteiger partial charge in [0.05, 0.1) is 23.2 Å². The lowest BCUT2D eigenvalue weighted by atomic mass is 9.92. The van der Waals surface area contributed by atoms with Gasteiger partial charge in [0.15, 0.2) is 5.82 Å². The maximum Gasteiger partial charge on any atom is 0.319 e. The summed E-state index contributed by atoms with van der Waals surface area (Å²) in [6.45, 7) is 2.41. The minimum atomic E-state index is -0.967. The number of hydrogen-bond acceptors (Lipinski definition) is 8. The van der Waals surface area contributed by atoms with Gasteiger partial charge in [-0.1, -0.05) is 24.1 Å². The highest BCUT2D eigenvalue weighted by Crippen LogP contribution is 2.42. The summed E-state index contributed by atoms with van der Waals surface area (Å²) < 4.78 is 54.1. The molecule has 3 atom stereocenters. The van der Waals surface area contributed by atoms with Gasteiger partial charge in [0.1, 0.15) is 35.4 Å². The molecule has 0 saturated carbocycles. The number of carbonyl (C=O) groups excluding carboxylic acids is 1. The van der Waals surface area contributed by atoms with Crippen LogP contribution in [0.2, 0.25) is 0 Å². The van der Waals surface area contributed by atoms with E-state index < -0.39 is 28.6 Å². The number of terminal acetylenes is 1. The molecule has 8 nitrogen and oxygen atoms in total. The Morgan fingerprint density at radius 2 is 1.91 bits per heavy atom. The highest BCUT2D eigenvalue weighted by Gasteiger charge is 2.49. The maximum absolute atomic E-state index is 16.8. The smallest absolute Gasteiger partial charge is 0.319 e. The minimum absolute atomic E-state index is 0.0198. The van der Waals surface area contributed by atoms with Gasteiger partial charge < -0.3 is 20.7 Å². The number of carbonyl (C=O) groups is 1. The first kappa shape index (κ1) is 27.9. The first-order chi connectivity index (χ1) is 21.7. The average molecular weight is 611 g/mol. The van der Waals surface area contributed by atoms with E-state index in [1.165, 1.54) is 24.3 Å². The van der Waals surface area contributed by atoms with Crippen LogP contribution in [0.4, 0.5) is 24.7 Å². The van der Waals surface area contributed by atoms with E-state index in [2.05, 4.69) is 33.3 Å². The number of anilines is 2. The molecule has 0 amide bonds. The molecule has 3 aromatic carbocycles. The van der Waals surface area contributed by atoms with Crippen molar-refractivity contribution in [2.75, 3.05) is 43.4 Å². The lowest BCUT2D eigenvalue weighted by Crippen LogP contribution is -2.52. The fraction of sp³-hybridized carbons (Fsp3) is 0.324. The molecule has 0 aliphatic carbocycles. The molecule has 3 N–H and O–H groups in total. The van der Waals surface area contributed by atoms with Crippen molar-refractivity contribution >= 4 is 39.0 Å². The lowest BCUT2D eigenvalue weighted by molar-refractivity contribution is -0.117. The molecule has 1 aromatic heterocycles. The standard InChI is InChI=1S/C34H29F3N6O2/c1-2-23-26(35)7-4-18-10-19(38)11-24(28(18)23)29-27(36)12-25-31(30(29)37)40-33(41-32(25)42-14-20-5-6-21(15-42)39-20)45-17-34-8-3-9-43(34)16-22(44)13-34/h1,4-7,10-12,20-21,39H,3,8-9,13-17,38H2. The van der Waals surface area contributed by atoms with Crippen molar-refractivity contribution in [1.29, 1.82) is 0 Å². The Hall–Kier alpha value is -4.66. The third-order valence-electron chi connectivity index (χ3n) is 9.59. The van der Waals surface area contributed by atoms with E-state index in [1.54, 1.807) is 6.07 Å². The van der Waals surface area contributed by atoms with Crippen molar-refractivity contribution in [3.05, 3.63) is 65.5 Å². The van der Waals surface area contributed by atoms with Crippen molar-refractivity contribution in [2.24, 2.45) is 0 Å². The number of benzene rings is 3. The van der Waals surface area contributed by atoms with Gasteiger partial charge >= 0.3 is 6.01 Å². The third kappa shape index (κ3) is 4.42. The Balaban J connectivity index is 1.31. The minimum Gasteiger partial charge on any atom is -0.461 e. The number of piperazine rings is 1. The van der Waals surface area contributed by atoms with E-state index in [0.717, 1.165) is 19.4 Å². The topological polar surface area (TPSA) is 96.6 Å². The summed E-state index contributed by atoms with van der Waals surface area (Å²) in [4.78, 5) is 25.6. The molecule has 3 saturated heterocycles. The summed E-state index contributed by atoms with van der Waals surface area (Å²) in [6, 6.07) is 6.89. The summed E-state index contributed by atoms with van der Waals surface area (Å²) in [7, 11) is 0. The molecule has 2 bridgehead atoms. The van der Waals surface area contributed by atoms with Gasteiger partial charge in [-0.15, -0.1) is 6.42 Å². The van der Waals surface area contributed by atoms with Gasteiger partial charge in [-0.2, -0.15) is 9.97 Å². The van der Waals surface area contributed by atoms with Crippen LogP contribution in [0.25, 0.3) is 32.8 Å². The second-order valence-electron chi connectivity index (χ2n) is 12.4. The quantitative estimate of drug-likeness (QED) is 0.196. The Kier molecular flexibility index (Phi) is 6.31. The van der Waals surface area contributed by atoms with Crippen LogP contribution in [-0.2, 0) is 4.79 Å². The number of nitrogens with two attached hydrogens (primary N) is 1. The van der Waals surface area contributed by atoms with Crippen LogP contribution in [0.3, 0.4) is 0 Å². The molecule has 0 radical (unpaired) electrons. The van der Waals surface area contributed by atoms with Crippen molar-refractivity contribution in [2.45, 2.75) is 36.9 Å². The van der Waals surface area contributed by atoms with Crippen molar-refractivity contribution < 1.29 is 22.7 Å². The number of Topliss-reactive ketones (excluding diaryl/α,β-unsaturated/α-hetero) is 1. The summed E-state index contributed by atoms with van der Waals surface area (Å²) in [5.41, 5.74) is 5.25. The summed E-state index contributed by atoms with van der Waals surface area (Å²) in [5.74, 6) is 0.286. The first-order valence-corrected chi connectivity index (χ1v) is 15.0. The van der Waals surface area contributed by atoms with Crippen LogP contribution in [-0.4, -0.2) is 71.1 Å². The fourth-order valence-electron chi connectivity index (χ4n) is 7.61. The monoisotopic (exact) mass is 610 g/mol. The number of nitrogens with zero attached hydrogens (tertiary/aromatic N) is 4. The Labute approximate surface area is 257 Å². The van der Waals surface area contributed by atoms with Crippen molar-refractivity contribution in [3.8, 4) is 29.5 Å². The summed E-state index contributed by atoms with van der Waals surface area (Å²) in [6.07, 6.45) is 11.9. The molecule has 8 rings (SSSR count). The largest absolute Gasteiger partial charge is 0.461 e. The molecular weight excluding hydrogens is 581 g/mol. The molecule has 4 aliphatic rings. The van der Waals surface area contributed by atoms with Crippen LogP contribution in [0, 0.1) is 29.8 Å². The number of nitrogen functional groups attached to an aromatic ring is 1. The lowest BCUT2D eigenvalue weighted by Gasteiger charge is -2.35. The van der Waals surface area contributed by atoms with Crippen LogP contribution in [0.1, 0.15) is 24.8 Å². The average Bonchev–Trinajstić information content (AvgIpc) is 3.66. The highest BCUT2D eigenvalue weighted by atomic mass is 19.1. The van der Waals surface area contributed by atoms with E-state index in [4.69, 9.17) is 21.9 Å². The van der Waals surface area contributed by atoms with Crippen molar-refractivity contribution in [1.82, 2.24) is 20.2 Å². The summed E-state index contributed by atoms with van der Waals surface area (Å²) in [5, 5.41) is 4.26. The predicted molar refractivity (Wildman–Crippen MR) is 165 cm³/mol. The number of ketones is 1. The molecule has 3 fully saturated rings. The van der Waals surface area contributed by atoms with E-state index in [1.807, 2.05) is 4.90 Å². The normalized spacial score (nSPS) is 24.1. The number of halogens is 3. The van der Waals surface area contributed by atoms with Crippen LogP contribution in [0.15, 0.2) is 42.5 Å². The van der Waals surface area contributed by atoms with Gasteiger partial charge in [0.2, 0.25) is 0 Å². The van der Waals surface area contributed by atoms with Crippen LogP contribution in [0.5, 0.6) is 6.01 Å². The van der Waals surface area contributed by atoms with Gasteiger partial charge in [0, 0.05) is 48.1 Å². The van der Waals surface area contributed by atoms with Crippen LogP contribution < -0.4 is 20.7 Å². The maximum atomic E-state index is 16.8. The van der Waals surface area contributed by atoms with Crippen LogP contribution >= 0.6 is 0 Å². The zero-order chi connectivity index (χ0) is 31.0. The Morgan fingerprint density at radius 1 is 1.11 bits per heavy atom. The predicted octanol–water partition coefficient (Wildman–Crippen LogP) is 4.33. The summed E-state index contributed by atoms with van der Waals surface area (Å²) >= 11 is 0. The Bertz CT molecular complexity index is 1990. The number of nitrogens with one attached hydrogen (secondary N) is 1. The van der Waals surface area contributed by atoms with E-state index in [9.17, 15) is 9.18 Å². The number of ether oxygens (including phenoxy) is 1. The second kappa shape index (κ2) is 10.2. The molecule has 11 heteroatoms. The molecule has 0 spiro atoms. The SMILES string of the molecule is C#Cc1c(F)ccc2cc(N)cc(-c3c(F)cc4c(N5CC6C=CC(C5)N6)nc(OCC56CCCN5CC(=O)C6)nc4c3F)c12. The first-order valence-electron chi connectivity index (χ1n) is 15.0. The fourth-order valence-corrected chi connectivity index (χ4v) is 7.61. The van der Waals surface area contributed by atoms with Crippen molar-refractivity contribution in [3.63, 3.8) is 0 Å². The van der Waals surface area contributed by atoms with E-state index in [-0.39, 0.29) is 63.6 Å². The van der Waals surface area contributed by atoms with Gasteiger partial charge in [-0.05, 0) is 54.6 Å². The molecule has 4 aliphatic heterocycles. The number of aromatic nitrogens is 2. The third-order valence-corrected chi connectivity index (χ3v) is 9.59. The molecule has 228 valence electrons. The molecular formula is C34H29F3N6O2. The molecule has 45 heavy (non-hydrogen) atoms.